The van der Waals surface area contributed by atoms with Crippen LogP contribution in [0.2, 0.25) is 0 Å². The zero-order chi connectivity index (χ0) is 13.7. The molecule has 5 nitrogen and oxygen atoms in total. The second-order valence-electron chi connectivity index (χ2n) is 5.25. The van der Waals surface area contributed by atoms with Gasteiger partial charge in [-0.2, -0.15) is 10.4 Å². The van der Waals surface area contributed by atoms with Gasteiger partial charge >= 0.3 is 0 Å². The number of nitriles is 1. The van der Waals surface area contributed by atoms with E-state index < -0.39 is 0 Å². The van der Waals surface area contributed by atoms with Crippen LogP contribution in [-0.2, 0) is 7.05 Å². The molecule has 0 bridgehead atoms. The molecule has 0 aliphatic heterocycles. The molecule has 3 aromatic rings. The molecule has 0 saturated heterocycles. The molecule has 1 saturated carbocycles. The average Bonchev–Trinajstić information content (AvgIpc) is 3.09. The van der Waals surface area contributed by atoms with Gasteiger partial charge < -0.3 is 4.57 Å². The highest BCUT2D eigenvalue weighted by Crippen LogP contribution is 2.41. The Morgan fingerprint density at radius 2 is 2.20 bits per heavy atom. The summed E-state index contributed by atoms with van der Waals surface area (Å²) in [5.41, 5.74) is 3.66. The monoisotopic (exact) mass is 263 g/mol. The van der Waals surface area contributed by atoms with Gasteiger partial charge in [-0.25, -0.2) is 4.98 Å². The first-order valence-corrected chi connectivity index (χ1v) is 6.67. The molecule has 0 N–H and O–H groups in total. The number of hydrogen-bond acceptors (Lipinski definition) is 3. The lowest BCUT2D eigenvalue weighted by atomic mass is 10.2. The third-order valence-electron chi connectivity index (χ3n) is 3.69. The molecule has 0 atom stereocenters. The fraction of sp³-hybridized carbons (Fsp3) is 0.267. The summed E-state index contributed by atoms with van der Waals surface area (Å²) < 4.78 is 4.07. The lowest BCUT2D eigenvalue weighted by Crippen LogP contribution is -1.96. The van der Waals surface area contributed by atoms with Crippen molar-refractivity contribution >= 4 is 11.0 Å². The number of nitrogens with zero attached hydrogens (tertiary/aromatic N) is 5. The van der Waals surface area contributed by atoms with Gasteiger partial charge in [-0.15, -0.1) is 0 Å². The summed E-state index contributed by atoms with van der Waals surface area (Å²) in [6.45, 7) is 0. The van der Waals surface area contributed by atoms with Gasteiger partial charge in [0.05, 0.1) is 34.4 Å². The standard InChI is InChI=1S/C15H13N5/c1-19-9-11(8-17-19)15-18-13-6-10(7-16)2-5-14(13)20(15)12-3-4-12/h2,5-6,8-9,12H,3-4H2,1H3. The molecule has 1 aliphatic carbocycles. The van der Waals surface area contributed by atoms with Crippen LogP contribution in [0.4, 0.5) is 0 Å². The predicted octanol–water partition coefficient (Wildman–Crippen LogP) is 2.64. The zero-order valence-corrected chi connectivity index (χ0v) is 11.1. The number of fused-ring (bicyclic) bond motifs is 1. The zero-order valence-electron chi connectivity index (χ0n) is 11.1. The van der Waals surface area contributed by atoms with Crippen LogP contribution >= 0.6 is 0 Å². The normalized spacial score (nSPS) is 14.6. The Balaban J connectivity index is 1.99. The van der Waals surface area contributed by atoms with Gasteiger partial charge in [0.2, 0.25) is 0 Å². The largest absolute Gasteiger partial charge is 0.321 e. The van der Waals surface area contributed by atoms with Crippen molar-refractivity contribution in [3.05, 3.63) is 36.2 Å². The van der Waals surface area contributed by atoms with Gasteiger partial charge in [-0.1, -0.05) is 0 Å². The topological polar surface area (TPSA) is 59.4 Å². The number of aryl methyl sites for hydroxylation is 1. The molecule has 98 valence electrons. The van der Waals surface area contributed by atoms with Crippen molar-refractivity contribution in [3.8, 4) is 17.5 Å². The fourth-order valence-electron chi connectivity index (χ4n) is 2.61. The molecule has 0 amide bonds. The van der Waals surface area contributed by atoms with Crippen LogP contribution in [-0.4, -0.2) is 19.3 Å². The molecule has 2 heterocycles. The molecule has 0 spiro atoms. The van der Waals surface area contributed by atoms with Crippen LogP contribution in [0.1, 0.15) is 24.4 Å². The second-order valence-corrected chi connectivity index (χ2v) is 5.25. The minimum Gasteiger partial charge on any atom is -0.321 e. The first-order valence-electron chi connectivity index (χ1n) is 6.67. The van der Waals surface area contributed by atoms with E-state index in [1.54, 1.807) is 4.68 Å². The molecule has 4 rings (SSSR count). The minimum absolute atomic E-state index is 0.531. The van der Waals surface area contributed by atoms with Crippen molar-refractivity contribution < 1.29 is 0 Å². The summed E-state index contributed by atoms with van der Waals surface area (Å²) in [7, 11) is 1.90. The molecule has 0 unspecified atom stereocenters. The van der Waals surface area contributed by atoms with E-state index in [1.807, 2.05) is 37.6 Å². The summed E-state index contributed by atoms with van der Waals surface area (Å²) in [6.07, 6.45) is 6.20. The van der Waals surface area contributed by atoms with E-state index in [9.17, 15) is 0 Å². The van der Waals surface area contributed by atoms with E-state index in [0.29, 0.717) is 11.6 Å². The van der Waals surface area contributed by atoms with Crippen LogP contribution in [0.15, 0.2) is 30.6 Å². The average molecular weight is 263 g/mol. The van der Waals surface area contributed by atoms with E-state index in [-0.39, 0.29) is 0 Å². The van der Waals surface area contributed by atoms with Gasteiger partial charge in [0.25, 0.3) is 0 Å². The van der Waals surface area contributed by atoms with Gasteiger partial charge in [0, 0.05) is 19.3 Å². The third kappa shape index (κ3) is 1.62. The van der Waals surface area contributed by atoms with E-state index in [1.165, 1.54) is 12.8 Å². The Morgan fingerprint density at radius 1 is 1.35 bits per heavy atom. The number of rotatable bonds is 2. The number of benzene rings is 1. The molecule has 1 aliphatic rings. The van der Waals surface area contributed by atoms with Crippen molar-refractivity contribution in [2.45, 2.75) is 18.9 Å². The fourth-order valence-corrected chi connectivity index (χ4v) is 2.61. The van der Waals surface area contributed by atoms with E-state index in [4.69, 9.17) is 10.2 Å². The van der Waals surface area contributed by atoms with Crippen LogP contribution in [0, 0.1) is 11.3 Å². The lowest BCUT2D eigenvalue weighted by Gasteiger charge is -2.05. The van der Waals surface area contributed by atoms with Crippen LogP contribution < -0.4 is 0 Å². The molecule has 20 heavy (non-hydrogen) atoms. The number of aromatic nitrogens is 4. The Labute approximate surface area is 116 Å². The maximum absolute atomic E-state index is 9.02. The van der Waals surface area contributed by atoms with E-state index in [0.717, 1.165) is 22.4 Å². The molecular weight excluding hydrogens is 250 g/mol. The first kappa shape index (κ1) is 11.2. The van der Waals surface area contributed by atoms with Crippen LogP contribution in [0.5, 0.6) is 0 Å². The first-order chi connectivity index (χ1) is 9.76. The highest BCUT2D eigenvalue weighted by molar-refractivity contribution is 5.82. The summed E-state index contributed by atoms with van der Waals surface area (Å²) >= 11 is 0. The maximum Gasteiger partial charge on any atom is 0.144 e. The Morgan fingerprint density at radius 3 is 2.85 bits per heavy atom. The van der Waals surface area contributed by atoms with E-state index >= 15 is 0 Å². The summed E-state index contributed by atoms with van der Waals surface area (Å²) in [5, 5.41) is 13.2. The molecule has 5 heteroatoms. The molecule has 0 radical (unpaired) electrons. The van der Waals surface area contributed by atoms with Gasteiger partial charge in [0.1, 0.15) is 5.82 Å². The maximum atomic E-state index is 9.02. The van der Waals surface area contributed by atoms with E-state index in [2.05, 4.69) is 15.7 Å². The highest BCUT2D eigenvalue weighted by Gasteiger charge is 2.29. The molecular formula is C15H13N5. The highest BCUT2D eigenvalue weighted by atomic mass is 15.2. The second kappa shape index (κ2) is 3.94. The third-order valence-corrected chi connectivity index (χ3v) is 3.69. The van der Waals surface area contributed by atoms with Crippen LogP contribution in [0.25, 0.3) is 22.4 Å². The predicted molar refractivity (Wildman–Crippen MR) is 74.9 cm³/mol. The summed E-state index contributed by atoms with van der Waals surface area (Å²) in [4.78, 5) is 4.72. The van der Waals surface area contributed by atoms with Gasteiger partial charge in [0.15, 0.2) is 0 Å². The van der Waals surface area contributed by atoms with Gasteiger partial charge in [-0.05, 0) is 31.0 Å². The molecule has 1 aromatic carbocycles. The molecule has 2 aromatic heterocycles. The smallest absolute Gasteiger partial charge is 0.144 e. The summed E-state index contributed by atoms with van der Waals surface area (Å²) in [6, 6.07) is 8.41. The minimum atomic E-state index is 0.531. The lowest BCUT2D eigenvalue weighted by molar-refractivity contribution is 0.765. The van der Waals surface area contributed by atoms with Crippen molar-refractivity contribution in [1.29, 1.82) is 5.26 Å². The Bertz CT molecular complexity index is 845. The number of imidazole rings is 1. The Hall–Kier alpha value is -2.61. The van der Waals surface area contributed by atoms with Gasteiger partial charge in [-0.3, -0.25) is 4.68 Å². The Kier molecular flexibility index (Phi) is 2.21. The van der Waals surface area contributed by atoms with Crippen molar-refractivity contribution in [1.82, 2.24) is 19.3 Å². The van der Waals surface area contributed by atoms with Crippen LogP contribution in [0.3, 0.4) is 0 Å². The SMILES string of the molecule is Cn1cc(-c2nc3cc(C#N)ccc3n2C2CC2)cn1. The number of hydrogen-bond donors (Lipinski definition) is 0. The van der Waals surface area contributed by atoms with Crippen molar-refractivity contribution in [2.24, 2.45) is 7.05 Å². The summed E-state index contributed by atoms with van der Waals surface area (Å²) in [5.74, 6) is 0.950. The van der Waals surface area contributed by atoms with Crippen molar-refractivity contribution in [2.75, 3.05) is 0 Å². The van der Waals surface area contributed by atoms with Crippen molar-refractivity contribution in [3.63, 3.8) is 0 Å². The molecule has 1 fully saturated rings. The quantitative estimate of drug-likeness (QED) is 0.714.